The lowest BCUT2D eigenvalue weighted by Gasteiger charge is -2.11. The molecule has 8 nitrogen and oxygen atoms in total. The number of carbonyl (C=O) groups is 2. The van der Waals surface area contributed by atoms with Crippen LogP contribution in [0.4, 0.5) is 4.79 Å². The molecule has 2 rings (SSSR count). The maximum absolute atomic E-state index is 11.7. The van der Waals surface area contributed by atoms with Crippen LogP contribution in [0.3, 0.4) is 0 Å². The van der Waals surface area contributed by atoms with Gasteiger partial charge in [0.1, 0.15) is 5.01 Å². The summed E-state index contributed by atoms with van der Waals surface area (Å²) >= 11 is 1.19. The number of nitrogens with one attached hydrogen (secondary N) is 3. The smallest absolute Gasteiger partial charge is 0.355 e. The van der Waals surface area contributed by atoms with E-state index in [1.54, 1.807) is 19.3 Å². The van der Waals surface area contributed by atoms with Gasteiger partial charge >= 0.3 is 12.0 Å². The zero-order valence-corrected chi connectivity index (χ0v) is 11.4. The number of carboxylic acid groups (broad SMARTS) is 1. The van der Waals surface area contributed by atoms with Gasteiger partial charge in [-0.05, 0) is 6.92 Å². The SMILES string of the molecule is CC(NC(=O)NCc1cn[nH]c1)c1nc(C(=O)O)cs1. The third kappa shape index (κ3) is 3.54. The molecule has 0 radical (unpaired) electrons. The van der Waals surface area contributed by atoms with Crippen LogP contribution in [0, 0.1) is 0 Å². The first-order valence-corrected chi connectivity index (χ1v) is 6.65. The summed E-state index contributed by atoms with van der Waals surface area (Å²) in [5.74, 6) is -1.08. The molecule has 0 saturated carbocycles. The summed E-state index contributed by atoms with van der Waals surface area (Å²) in [5.41, 5.74) is 0.840. The highest BCUT2D eigenvalue weighted by Crippen LogP contribution is 2.17. The van der Waals surface area contributed by atoms with Gasteiger partial charge < -0.3 is 15.7 Å². The molecular weight excluding hydrogens is 282 g/mol. The van der Waals surface area contributed by atoms with Crippen LogP contribution in [0.5, 0.6) is 0 Å². The minimum absolute atomic E-state index is 0.0162. The van der Waals surface area contributed by atoms with Gasteiger partial charge in [-0.2, -0.15) is 5.10 Å². The fourth-order valence-corrected chi connectivity index (χ4v) is 2.25. The molecule has 0 aliphatic heterocycles. The molecule has 0 aromatic carbocycles. The molecule has 0 aliphatic carbocycles. The molecule has 1 unspecified atom stereocenters. The molecule has 2 aromatic heterocycles. The van der Waals surface area contributed by atoms with Crippen molar-refractivity contribution in [3.05, 3.63) is 34.0 Å². The summed E-state index contributed by atoms with van der Waals surface area (Å²) in [6.07, 6.45) is 3.30. The number of thiazole rings is 1. The first kappa shape index (κ1) is 14.0. The average Bonchev–Trinajstić information content (AvgIpc) is 3.07. The zero-order valence-electron chi connectivity index (χ0n) is 10.6. The molecule has 1 atom stereocenters. The molecule has 106 valence electrons. The fourth-order valence-electron chi connectivity index (χ4n) is 1.45. The summed E-state index contributed by atoms with van der Waals surface area (Å²) in [5, 5.41) is 22.5. The number of nitrogens with zero attached hydrogens (tertiary/aromatic N) is 2. The van der Waals surface area contributed by atoms with Crippen molar-refractivity contribution in [1.82, 2.24) is 25.8 Å². The molecule has 9 heteroatoms. The molecular formula is C11H13N5O3S. The van der Waals surface area contributed by atoms with Crippen LogP contribution in [-0.4, -0.2) is 32.3 Å². The van der Waals surface area contributed by atoms with Gasteiger partial charge in [0.05, 0.1) is 12.2 Å². The van der Waals surface area contributed by atoms with Crippen molar-refractivity contribution in [2.24, 2.45) is 0 Å². The Kier molecular flexibility index (Phi) is 4.31. The minimum Gasteiger partial charge on any atom is -0.476 e. The molecule has 2 aromatic rings. The van der Waals surface area contributed by atoms with Crippen molar-refractivity contribution in [3.63, 3.8) is 0 Å². The highest BCUT2D eigenvalue weighted by molar-refractivity contribution is 7.09. The van der Waals surface area contributed by atoms with E-state index < -0.39 is 5.97 Å². The summed E-state index contributed by atoms with van der Waals surface area (Å²) in [6.45, 7) is 2.09. The quantitative estimate of drug-likeness (QED) is 0.659. The third-order valence-corrected chi connectivity index (χ3v) is 3.49. The molecule has 0 bridgehead atoms. The summed E-state index contributed by atoms with van der Waals surface area (Å²) in [4.78, 5) is 26.3. The number of amides is 2. The minimum atomic E-state index is -1.08. The molecule has 4 N–H and O–H groups in total. The number of hydrogen-bond acceptors (Lipinski definition) is 5. The Bertz CT molecular complexity index is 595. The number of aromatic carboxylic acids is 1. The van der Waals surface area contributed by atoms with E-state index in [4.69, 9.17) is 5.11 Å². The standard InChI is InChI=1S/C11H13N5O3S/c1-6(9-16-8(5-20-9)10(17)18)15-11(19)12-2-7-3-13-14-4-7/h3-6H,2H2,1H3,(H,13,14)(H,17,18)(H2,12,15,19). The molecule has 0 fully saturated rings. The van der Waals surface area contributed by atoms with Gasteiger partial charge in [0, 0.05) is 23.7 Å². The van der Waals surface area contributed by atoms with E-state index >= 15 is 0 Å². The third-order valence-electron chi connectivity index (χ3n) is 2.47. The Morgan fingerprint density at radius 1 is 1.55 bits per heavy atom. The maximum Gasteiger partial charge on any atom is 0.355 e. The predicted molar refractivity (Wildman–Crippen MR) is 71.4 cm³/mol. The molecule has 20 heavy (non-hydrogen) atoms. The van der Waals surface area contributed by atoms with Crippen LogP contribution < -0.4 is 10.6 Å². The number of urea groups is 1. The Morgan fingerprint density at radius 3 is 2.95 bits per heavy atom. The number of hydrogen-bond donors (Lipinski definition) is 4. The van der Waals surface area contributed by atoms with Gasteiger partial charge in [-0.25, -0.2) is 14.6 Å². The van der Waals surface area contributed by atoms with E-state index in [-0.39, 0.29) is 17.8 Å². The average molecular weight is 295 g/mol. The van der Waals surface area contributed by atoms with Crippen molar-refractivity contribution in [1.29, 1.82) is 0 Å². The summed E-state index contributed by atoms with van der Waals surface area (Å²) in [6, 6.07) is -0.719. The highest BCUT2D eigenvalue weighted by Gasteiger charge is 2.15. The monoisotopic (exact) mass is 295 g/mol. The second-order valence-corrected chi connectivity index (χ2v) is 4.92. The second-order valence-electron chi connectivity index (χ2n) is 4.03. The fraction of sp³-hybridized carbons (Fsp3) is 0.273. The Balaban J connectivity index is 1.85. The first-order valence-electron chi connectivity index (χ1n) is 5.77. The van der Waals surface area contributed by atoms with Gasteiger partial charge in [0.2, 0.25) is 0 Å². The van der Waals surface area contributed by atoms with Crippen molar-refractivity contribution < 1.29 is 14.7 Å². The van der Waals surface area contributed by atoms with E-state index in [9.17, 15) is 9.59 Å². The summed E-state index contributed by atoms with van der Waals surface area (Å²) < 4.78 is 0. The zero-order chi connectivity index (χ0) is 14.5. The van der Waals surface area contributed by atoms with Crippen molar-refractivity contribution in [2.45, 2.75) is 19.5 Å². The van der Waals surface area contributed by atoms with Crippen LogP contribution >= 0.6 is 11.3 Å². The number of H-pyrrole nitrogens is 1. The molecule has 2 heterocycles. The Labute approximate surface area is 118 Å². The van der Waals surface area contributed by atoms with Crippen LogP contribution in [-0.2, 0) is 6.54 Å². The largest absolute Gasteiger partial charge is 0.476 e. The van der Waals surface area contributed by atoms with Crippen molar-refractivity contribution in [3.8, 4) is 0 Å². The lowest BCUT2D eigenvalue weighted by molar-refractivity contribution is 0.0691. The van der Waals surface area contributed by atoms with Crippen LogP contribution in [0.15, 0.2) is 17.8 Å². The maximum atomic E-state index is 11.7. The Hall–Kier alpha value is -2.42. The van der Waals surface area contributed by atoms with Gasteiger partial charge in [-0.1, -0.05) is 0 Å². The number of carboxylic acids is 1. The van der Waals surface area contributed by atoms with E-state index in [0.29, 0.717) is 11.6 Å². The number of carbonyl (C=O) groups excluding carboxylic acids is 1. The van der Waals surface area contributed by atoms with Gasteiger partial charge in [-0.15, -0.1) is 11.3 Å². The number of aromatic nitrogens is 3. The van der Waals surface area contributed by atoms with Crippen LogP contribution in [0.25, 0.3) is 0 Å². The normalized spacial score (nSPS) is 11.8. The number of rotatable bonds is 5. The van der Waals surface area contributed by atoms with Crippen molar-refractivity contribution >= 4 is 23.3 Å². The molecule has 2 amide bonds. The van der Waals surface area contributed by atoms with E-state index in [0.717, 1.165) is 5.56 Å². The molecule has 0 spiro atoms. The van der Waals surface area contributed by atoms with Gasteiger partial charge in [0.15, 0.2) is 5.69 Å². The summed E-state index contributed by atoms with van der Waals surface area (Å²) in [7, 11) is 0. The number of aromatic amines is 1. The molecule has 0 aliphatic rings. The van der Waals surface area contributed by atoms with Crippen molar-refractivity contribution in [2.75, 3.05) is 0 Å². The first-order chi connectivity index (χ1) is 9.56. The second kappa shape index (κ2) is 6.15. The predicted octanol–water partition coefficient (Wildman–Crippen LogP) is 1.12. The van der Waals surface area contributed by atoms with E-state index in [1.807, 2.05) is 0 Å². The van der Waals surface area contributed by atoms with Crippen LogP contribution in [0.2, 0.25) is 0 Å². The lowest BCUT2D eigenvalue weighted by Crippen LogP contribution is -2.36. The topological polar surface area (TPSA) is 120 Å². The van der Waals surface area contributed by atoms with Crippen LogP contribution in [0.1, 0.15) is 34.0 Å². The van der Waals surface area contributed by atoms with Gasteiger partial charge in [0.25, 0.3) is 0 Å². The van der Waals surface area contributed by atoms with E-state index in [1.165, 1.54) is 16.7 Å². The van der Waals surface area contributed by atoms with E-state index in [2.05, 4.69) is 25.8 Å². The van der Waals surface area contributed by atoms with Gasteiger partial charge in [-0.3, -0.25) is 5.10 Å². The highest BCUT2D eigenvalue weighted by atomic mass is 32.1. The lowest BCUT2D eigenvalue weighted by atomic mass is 10.3. The Morgan fingerprint density at radius 2 is 2.35 bits per heavy atom. The molecule has 0 saturated heterocycles.